The third-order valence-corrected chi connectivity index (χ3v) is 4.34. The van der Waals surface area contributed by atoms with E-state index in [0.29, 0.717) is 6.54 Å². The Kier molecular flexibility index (Phi) is 4.96. The Bertz CT molecular complexity index is 596. The van der Waals surface area contributed by atoms with Crippen molar-refractivity contribution in [3.63, 3.8) is 0 Å². The molecular weight excluding hydrogens is 321 g/mol. The molecule has 1 aliphatic rings. The molecule has 0 radical (unpaired) electrons. The highest BCUT2D eigenvalue weighted by molar-refractivity contribution is 7.90. The first-order chi connectivity index (χ1) is 10.1. The summed E-state index contributed by atoms with van der Waals surface area (Å²) in [5.41, 5.74) is -1.01. The number of aromatic nitrogens is 1. The van der Waals surface area contributed by atoms with Gasteiger partial charge in [-0.25, -0.2) is 13.4 Å². The average Bonchev–Trinajstić information content (AvgIpc) is 2.89. The molecule has 0 amide bonds. The minimum atomic E-state index is -4.51. The normalized spacial score (nSPS) is 20.8. The Labute approximate surface area is 126 Å². The molecule has 0 aromatic carbocycles. The molecule has 9 heteroatoms. The lowest BCUT2D eigenvalue weighted by Crippen LogP contribution is -2.35. The van der Waals surface area contributed by atoms with Crippen LogP contribution in [0.25, 0.3) is 0 Å². The van der Waals surface area contributed by atoms with Gasteiger partial charge in [-0.05, 0) is 25.1 Å². The number of ether oxygens (including phenoxy) is 1. The maximum absolute atomic E-state index is 12.5. The summed E-state index contributed by atoms with van der Waals surface area (Å²) in [5, 5.41) is 3.11. The van der Waals surface area contributed by atoms with Gasteiger partial charge in [0, 0.05) is 18.7 Å². The summed E-state index contributed by atoms with van der Waals surface area (Å²) >= 11 is 0. The largest absolute Gasteiger partial charge is 0.487 e. The van der Waals surface area contributed by atoms with Gasteiger partial charge in [0.25, 0.3) is 0 Å². The van der Waals surface area contributed by atoms with Crippen molar-refractivity contribution < 1.29 is 26.3 Å². The van der Waals surface area contributed by atoms with Crippen LogP contribution in [0.2, 0.25) is 0 Å². The summed E-state index contributed by atoms with van der Waals surface area (Å²) in [6.07, 6.45) is -2.28. The second-order valence-electron chi connectivity index (χ2n) is 5.38. The Morgan fingerprint density at radius 2 is 2.18 bits per heavy atom. The van der Waals surface area contributed by atoms with Gasteiger partial charge in [-0.3, -0.25) is 0 Å². The van der Waals surface area contributed by atoms with Crippen LogP contribution in [0.3, 0.4) is 0 Å². The molecule has 1 saturated heterocycles. The maximum atomic E-state index is 12.5. The Balaban J connectivity index is 2.12. The molecule has 124 valence electrons. The van der Waals surface area contributed by atoms with E-state index < -0.39 is 27.8 Å². The van der Waals surface area contributed by atoms with Crippen LogP contribution in [0, 0.1) is 5.92 Å². The molecule has 0 saturated carbocycles. The molecule has 0 unspecified atom stereocenters. The minimum Gasteiger partial charge on any atom is -0.487 e. The predicted octanol–water partition coefficient (Wildman–Crippen LogP) is 1.50. The summed E-state index contributed by atoms with van der Waals surface area (Å²) in [6.45, 7) is 1.38. The highest BCUT2D eigenvalue weighted by Gasteiger charge is 2.33. The zero-order valence-electron chi connectivity index (χ0n) is 11.9. The molecule has 1 aromatic rings. The molecule has 22 heavy (non-hydrogen) atoms. The van der Waals surface area contributed by atoms with Crippen LogP contribution in [-0.2, 0) is 16.0 Å². The van der Waals surface area contributed by atoms with Crippen LogP contribution in [0.15, 0.2) is 18.3 Å². The molecule has 0 bridgehead atoms. The second kappa shape index (κ2) is 6.41. The van der Waals surface area contributed by atoms with Crippen molar-refractivity contribution in [1.82, 2.24) is 10.3 Å². The average molecular weight is 338 g/mol. The Morgan fingerprint density at radius 3 is 2.64 bits per heavy atom. The predicted molar refractivity (Wildman–Crippen MR) is 74.3 cm³/mol. The summed E-state index contributed by atoms with van der Waals surface area (Å²) in [7, 11) is -3.27. The molecule has 1 aliphatic heterocycles. The van der Waals surface area contributed by atoms with E-state index in [1.165, 1.54) is 0 Å². The standard InChI is InChI=1S/C13H17F3N2O3S/c1-22(19,20)8-11(9-4-5-17-6-9)21-10-2-3-12(18-7-10)13(14,15)16/h2-3,7,9,11,17H,4-6,8H2,1H3/t9-,11-/m1/s1. The number of halogens is 3. The van der Waals surface area contributed by atoms with Gasteiger partial charge in [0.2, 0.25) is 0 Å². The monoisotopic (exact) mass is 338 g/mol. The number of pyridine rings is 1. The number of nitrogens with zero attached hydrogens (tertiary/aromatic N) is 1. The molecule has 1 N–H and O–H groups in total. The second-order valence-corrected chi connectivity index (χ2v) is 7.56. The SMILES string of the molecule is CS(=O)(=O)C[C@@H](Oc1ccc(C(F)(F)F)nc1)[C@@H]1CCNC1. The smallest absolute Gasteiger partial charge is 0.433 e. The van der Waals surface area contributed by atoms with Gasteiger partial charge in [0.05, 0.1) is 11.9 Å². The van der Waals surface area contributed by atoms with Crippen molar-refractivity contribution in [2.75, 3.05) is 25.1 Å². The first-order valence-corrected chi connectivity index (χ1v) is 8.79. The van der Waals surface area contributed by atoms with Gasteiger partial charge in [-0.2, -0.15) is 13.2 Å². The molecule has 0 spiro atoms. The number of nitrogens with one attached hydrogen (secondary N) is 1. The molecule has 5 nitrogen and oxygen atoms in total. The number of hydrogen-bond donors (Lipinski definition) is 1. The van der Waals surface area contributed by atoms with Crippen molar-refractivity contribution in [3.8, 4) is 5.75 Å². The highest BCUT2D eigenvalue weighted by atomic mass is 32.2. The zero-order valence-corrected chi connectivity index (χ0v) is 12.7. The summed E-state index contributed by atoms with van der Waals surface area (Å²) in [6, 6.07) is 1.98. The van der Waals surface area contributed by atoms with E-state index in [1.54, 1.807) is 0 Å². The molecule has 0 aliphatic carbocycles. The Morgan fingerprint density at radius 1 is 1.45 bits per heavy atom. The fourth-order valence-corrected chi connectivity index (χ4v) is 3.29. The van der Waals surface area contributed by atoms with Crippen molar-refractivity contribution >= 4 is 9.84 Å². The molecule has 2 atom stereocenters. The third kappa shape index (κ3) is 4.84. The number of sulfone groups is 1. The van der Waals surface area contributed by atoms with Gasteiger partial charge < -0.3 is 10.1 Å². The number of hydrogen-bond acceptors (Lipinski definition) is 5. The zero-order chi connectivity index (χ0) is 16.4. The molecular formula is C13H17F3N2O3S. The summed E-state index contributed by atoms with van der Waals surface area (Å²) < 4.78 is 66.0. The van der Waals surface area contributed by atoms with E-state index in [1.807, 2.05) is 0 Å². The number of alkyl halides is 3. The highest BCUT2D eigenvalue weighted by Crippen LogP contribution is 2.29. The lowest BCUT2D eigenvalue weighted by molar-refractivity contribution is -0.141. The van der Waals surface area contributed by atoms with Crippen LogP contribution in [0.1, 0.15) is 12.1 Å². The van der Waals surface area contributed by atoms with Gasteiger partial charge in [-0.1, -0.05) is 0 Å². The van der Waals surface area contributed by atoms with Gasteiger partial charge >= 0.3 is 6.18 Å². The molecule has 1 aromatic heterocycles. The summed E-state index contributed by atoms with van der Waals surface area (Å²) in [4.78, 5) is 3.31. The van der Waals surface area contributed by atoms with Crippen LogP contribution < -0.4 is 10.1 Å². The molecule has 2 heterocycles. The van der Waals surface area contributed by atoms with Gasteiger partial charge in [-0.15, -0.1) is 0 Å². The van der Waals surface area contributed by atoms with E-state index in [2.05, 4.69) is 10.3 Å². The topological polar surface area (TPSA) is 68.3 Å². The Hall–Kier alpha value is -1.35. The third-order valence-electron chi connectivity index (χ3n) is 3.41. The minimum absolute atomic E-state index is 0.00276. The van der Waals surface area contributed by atoms with Gasteiger partial charge in [0.1, 0.15) is 17.5 Å². The van der Waals surface area contributed by atoms with Crippen LogP contribution in [0.4, 0.5) is 13.2 Å². The fourth-order valence-electron chi connectivity index (χ4n) is 2.35. The molecule has 1 fully saturated rings. The van der Waals surface area contributed by atoms with Crippen molar-refractivity contribution in [3.05, 3.63) is 24.0 Å². The lowest BCUT2D eigenvalue weighted by Gasteiger charge is -2.23. The lowest BCUT2D eigenvalue weighted by atomic mass is 10.0. The van der Waals surface area contributed by atoms with E-state index in [4.69, 9.17) is 4.74 Å². The van der Waals surface area contributed by atoms with E-state index in [9.17, 15) is 21.6 Å². The van der Waals surface area contributed by atoms with E-state index >= 15 is 0 Å². The maximum Gasteiger partial charge on any atom is 0.433 e. The van der Waals surface area contributed by atoms with Crippen LogP contribution in [-0.4, -0.2) is 44.6 Å². The first kappa shape index (κ1) is 17.0. The van der Waals surface area contributed by atoms with Crippen molar-refractivity contribution in [1.29, 1.82) is 0 Å². The van der Waals surface area contributed by atoms with E-state index in [0.717, 1.165) is 37.6 Å². The van der Waals surface area contributed by atoms with Crippen molar-refractivity contribution in [2.24, 2.45) is 5.92 Å². The van der Waals surface area contributed by atoms with Crippen molar-refractivity contribution in [2.45, 2.75) is 18.7 Å². The van der Waals surface area contributed by atoms with E-state index in [-0.39, 0.29) is 17.4 Å². The van der Waals surface area contributed by atoms with Crippen LogP contribution >= 0.6 is 0 Å². The van der Waals surface area contributed by atoms with Crippen LogP contribution in [0.5, 0.6) is 5.75 Å². The number of rotatable bonds is 5. The summed E-state index contributed by atoms with van der Waals surface area (Å²) in [5.74, 6) is -0.0500. The fraction of sp³-hybridized carbons (Fsp3) is 0.615. The molecule has 2 rings (SSSR count). The first-order valence-electron chi connectivity index (χ1n) is 6.73. The van der Waals surface area contributed by atoms with Gasteiger partial charge in [0.15, 0.2) is 9.84 Å². The quantitative estimate of drug-likeness (QED) is 0.881.